The summed E-state index contributed by atoms with van der Waals surface area (Å²) in [6.45, 7) is 9.01. The fourth-order valence-corrected chi connectivity index (χ4v) is 7.08. The molecular formula is C30H31ClFNOS. The van der Waals surface area contributed by atoms with E-state index in [1.165, 1.54) is 28.8 Å². The van der Waals surface area contributed by atoms with Crippen LogP contribution in [0.3, 0.4) is 0 Å². The monoisotopic (exact) mass is 507 g/mol. The Hall–Kier alpha value is -2.40. The fraction of sp³-hybridized carbons (Fsp3) is 0.300. The van der Waals surface area contributed by atoms with Gasteiger partial charge in [0.1, 0.15) is 5.82 Å². The van der Waals surface area contributed by atoms with Gasteiger partial charge in [-0.05, 0) is 92.0 Å². The van der Waals surface area contributed by atoms with Gasteiger partial charge in [0, 0.05) is 21.8 Å². The molecule has 0 saturated carbocycles. The quantitative estimate of drug-likeness (QED) is 0.248. The van der Waals surface area contributed by atoms with Gasteiger partial charge >= 0.3 is 0 Å². The Kier molecular flexibility index (Phi) is 8.48. The SMILES string of the molecule is C=C.O=C(CCCN1CCC2(CC1)SC(c1ccc(Cl)cc1)c1ccccc12)c1ccc(F)cc1. The highest BCUT2D eigenvalue weighted by atomic mass is 35.5. The highest BCUT2D eigenvalue weighted by Crippen LogP contribution is 2.61. The number of likely N-dealkylation sites (tertiary alicyclic amines) is 1. The van der Waals surface area contributed by atoms with E-state index >= 15 is 0 Å². The summed E-state index contributed by atoms with van der Waals surface area (Å²) in [5.74, 6) is -0.215. The van der Waals surface area contributed by atoms with Crippen LogP contribution in [0.4, 0.5) is 4.39 Å². The van der Waals surface area contributed by atoms with Crippen molar-refractivity contribution in [3.05, 3.63) is 119 Å². The number of Topliss-reactive ketones (excluding diaryl/α,β-unsaturated/α-hetero) is 1. The minimum atomic E-state index is -0.307. The second-order valence-corrected chi connectivity index (χ2v) is 10.9. The summed E-state index contributed by atoms with van der Waals surface area (Å²) in [4.78, 5) is 14.9. The van der Waals surface area contributed by atoms with Crippen molar-refractivity contribution in [2.45, 2.75) is 35.7 Å². The third kappa shape index (κ3) is 5.72. The van der Waals surface area contributed by atoms with E-state index in [0.717, 1.165) is 43.9 Å². The first kappa shape index (κ1) is 25.7. The van der Waals surface area contributed by atoms with E-state index in [2.05, 4.69) is 66.2 Å². The average Bonchev–Trinajstić information content (AvgIpc) is 3.21. The number of rotatable bonds is 6. The van der Waals surface area contributed by atoms with Gasteiger partial charge in [0.25, 0.3) is 0 Å². The van der Waals surface area contributed by atoms with Crippen LogP contribution in [0.25, 0.3) is 0 Å². The molecule has 0 aromatic heterocycles. The Bertz CT molecular complexity index is 1140. The number of fused-ring (bicyclic) bond motifs is 2. The highest BCUT2D eigenvalue weighted by Gasteiger charge is 2.46. The molecule has 0 radical (unpaired) electrons. The largest absolute Gasteiger partial charge is 0.303 e. The first-order valence-corrected chi connectivity index (χ1v) is 13.3. The number of piperidine rings is 1. The maximum atomic E-state index is 13.1. The van der Waals surface area contributed by atoms with E-state index in [4.69, 9.17) is 11.6 Å². The molecule has 0 bridgehead atoms. The van der Waals surface area contributed by atoms with Gasteiger partial charge in [-0.1, -0.05) is 48.0 Å². The smallest absolute Gasteiger partial charge is 0.162 e. The Morgan fingerprint density at radius 1 is 1.00 bits per heavy atom. The van der Waals surface area contributed by atoms with Gasteiger partial charge in [0.2, 0.25) is 0 Å². The van der Waals surface area contributed by atoms with Crippen molar-refractivity contribution in [2.24, 2.45) is 0 Å². The predicted octanol–water partition coefficient (Wildman–Crippen LogP) is 8.07. The Morgan fingerprint density at radius 3 is 2.34 bits per heavy atom. The minimum absolute atomic E-state index is 0.0922. The average molecular weight is 508 g/mol. The molecule has 1 saturated heterocycles. The zero-order valence-electron chi connectivity index (χ0n) is 19.9. The third-order valence-electron chi connectivity index (χ3n) is 6.96. The van der Waals surface area contributed by atoms with Crippen LogP contribution >= 0.6 is 23.4 Å². The molecule has 2 aliphatic heterocycles. The summed E-state index contributed by atoms with van der Waals surface area (Å²) >= 11 is 8.23. The van der Waals surface area contributed by atoms with Crippen molar-refractivity contribution in [3.63, 3.8) is 0 Å². The summed E-state index contributed by atoms with van der Waals surface area (Å²) in [5.41, 5.74) is 4.83. The molecule has 2 nitrogen and oxygen atoms in total. The molecule has 5 heteroatoms. The van der Waals surface area contributed by atoms with Crippen molar-refractivity contribution in [1.82, 2.24) is 4.90 Å². The van der Waals surface area contributed by atoms with Crippen molar-refractivity contribution >= 4 is 29.1 Å². The van der Waals surface area contributed by atoms with Crippen LogP contribution in [0.1, 0.15) is 58.0 Å². The first-order valence-electron chi connectivity index (χ1n) is 12.1. The highest BCUT2D eigenvalue weighted by molar-refractivity contribution is 8.01. The summed E-state index contributed by atoms with van der Waals surface area (Å²) in [7, 11) is 0. The molecule has 3 aromatic carbocycles. The topological polar surface area (TPSA) is 20.3 Å². The van der Waals surface area contributed by atoms with Crippen molar-refractivity contribution in [2.75, 3.05) is 19.6 Å². The zero-order valence-corrected chi connectivity index (χ0v) is 21.5. The van der Waals surface area contributed by atoms with Crippen molar-refractivity contribution < 1.29 is 9.18 Å². The lowest BCUT2D eigenvalue weighted by Gasteiger charge is -2.39. The summed E-state index contributed by atoms with van der Waals surface area (Å²) in [6.07, 6.45) is 3.57. The molecule has 5 rings (SSSR count). The van der Waals surface area contributed by atoms with Crippen molar-refractivity contribution in [1.29, 1.82) is 0 Å². The minimum Gasteiger partial charge on any atom is -0.303 e. The van der Waals surface area contributed by atoms with E-state index in [9.17, 15) is 9.18 Å². The molecule has 35 heavy (non-hydrogen) atoms. The molecule has 1 atom stereocenters. The maximum Gasteiger partial charge on any atom is 0.162 e. The normalized spacial score (nSPS) is 18.5. The number of carbonyl (C=O) groups excluding carboxylic acids is 1. The Labute approximate surface area is 217 Å². The molecule has 1 unspecified atom stereocenters. The Morgan fingerprint density at radius 2 is 1.66 bits per heavy atom. The standard InChI is InChI=1S/C28H27ClFNOS.C2H4/c29-22-11-7-21(8-12-22)27-24-4-1-2-5-25(24)28(33-27)15-18-31(19-16-28)17-3-6-26(32)20-9-13-23(30)14-10-20;1-2/h1-2,4-5,7-14,27H,3,6,15-19H2;1-2H2. The van der Waals surface area contributed by atoms with Crippen molar-refractivity contribution in [3.8, 4) is 0 Å². The molecule has 2 heterocycles. The van der Waals surface area contributed by atoms with Gasteiger partial charge < -0.3 is 4.90 Å². The van der Waals surface area contributed by atoms with Gasteiger partial charge in [-0.25, -0.2) is 4.39 Å². The maximum absolute atomic E-state index is 13.1. The van der Waals surface area contributed by atoms with Gasteiger partial charge in [-0.3, -0.25) is 4.79 Å². The molecule has 2 aliphatic rings. The lowest BCUT2D eigenvalue weighted by atomic mass is 9.84. The molecule has 1 spiro atoms. The van der Waals surface area contributed by atoms with E-state index in [1.807, 2.05) is 12.1 Å². The number of hydrogen-bond acceptors (Lipinski definition) is 3. The van der Waals surface area contributed by atoms with Crippen LogP contribution < -0.4 is 0 Å². The Balaban J connectivity index is 0.00000141. The number of ketones is 1. The van der Waals surface area contributed by atoms with E-state index in [0.29, 0.717) is 17.2 Å². The summed E-state index contributed by atoms with van der Waals surface area (Å²) in [6, 6.07) is 23.1. The van der Waals surface area contributed by atoms with Crippen LogP contribution in [-0.4, -0.2) is 30.3 Å². The first-order chi connectivity index (χ1) is 17.0. The van der Waals surface area contributed by atoms with Gasteiger partial charge in [-0.15, -0.1) is 24.9 Å². The number of thioether (sulfide) groups is 1. The number of hydrogen-bond donors (Lipinski definition) is 0. The lowest BCUT2D eigenvalue weighted by molar-refractivity contribution is 0.0971. The lowest BCUT2D eigenvalue weighted by Crippen LogP contribution is -2.40. The predicted molar refractivity (Wildman–Crippen MR) is 146 cm³/mol. The zero-order chi connectivity index (χ0) is 24.8. The molecule has 0 N–H and O–H groups in total. The number of nitrogens with zero attached hydrogens (tertiary/aromatic N) is 1. The van der Waals surface area contributed by atoms with Gasteiger partial charge in [-0.2, -0.15) is 0 Å². The fourth-order valence-electron chi connectivity index (χ4n) is 5.15. The molecule has 0 amide bonds. The summed E-state index contributed by atoms with van der Waals surface area (Å²) < 4.78 is 13.2. The van der Waals surface area contributed by atoms with Crippen LogP contribution in [0.5, 0.6) is 0 Å². The molecular weight excluding hydrogens is 477 g/mol. The summed E-state index contributed by atoms with van der Waals surface area (Å²) in [5, 5.41) is 1.12. The van der Waals surface area contributed by atoms with Crippen LogP contribution in [0, 0.1) is 5.82 Å². The molecule has 3 aromatic rings. The van der Waals surface area contributed by atoms with E-state index in [-0.39, 0.29) is 16.3 Å². The third-order valence-corrected chi connectivity index (χ3v) is 9.05. The molecule has 1 fully saturated rings. The molecule has 182 valence electrons. The van der Waals surface area contributed by atoms with Gasteiger partial charge in [0.05, 0.1) is 5.25 Å². The molecule has 0 aliphatic carbocycles. The number of benzene rings is 3. The number of halogens is 2. The van der Waals surface area contributed by atoms with Crippen LogP contribution in [0.2, 0.25) is 5.02 Å². The van der Waals surface area contributed by atoms with Gasteiger partial charge in [0.15, 0.2) is 5.78 Å². The van der Waals surface area contributed by atoms with E-state index < -0.39 is 0 Å². The van der Waals surface area contributed by atoms with E-state index in [1.54, 1.807) is 12.1 Å². The second kappa shape index (κ2) is 11.6. The van der Waals surface area contributed by atoms with Crippen LogP contribution in [-0.2, 0) is 4.75 Å². The van der Waals surface area contributed by atoms with Crippen LogP contribution in [0.15, 0.2) is 86.0 Å². The number of carbonyl (C=O) groups is 1. The second-order valence-electron chi connectivity index (χ2n) is 9.01.